The van der Waals surface area contributed by atoms with Gasteiger partial charge in [-0.3, -0.25) is 9.59 Å². The Bertz CT molecular complexity index is 281. The zero-order valence-corrected chi connectivity index (χ0v) is 11.2. The van der Waals surface area contributed by atoms with Crippen LogP contribution in [-0.2, 0) is 9.59 Å². The average Bonchev–Trinajstić information content (AvgIpc) is 2.37. The molecule has 0 aromatic heterocycles. The molecule has 0 aromatic rings. The molecule has 0 aliphatic carbocycles. The fraction of sp³-hybridized carbons (Fsp3) is 0.846. The van der Waals surface area contributed by atoms with Crippen LogP contribution in [0.1, 0.15) is 45.4 Å². The van der Waals surface area contributed by atoms with E-state index >= 15 is 0 Å². The lowest BCUT2D eigenvalue weighted by atomic mass is 9.90. The molecule has 0 radical (unpaired) electrons. The summed E-state index contributed by atoms with van der Waals surface area (Å²) in [5, 5.41) is 6.17. The molecular weight excluding hydrogens is 230 g/mol. The van der Waals surface area contributed by atoms with Crippen molar-refractivity contribution in [2.45, 2.75) is 51.5 Å². The number of piperidine rings is 1. The highest BCUT2D eigenvalue weighted by molar-refractivity contribution is 5.81. The molecule has 18 heavy (non-hydrogen) atoms. The molecule has 1 fully saturated rings. The Kier molecular flexibility index (Phi) is 6.72. The first-order chi connectivity index (χ1) is 8.63. The molecule has 2 atom stereocenters. The minimum Gasteiger partial charge on any atom is -0.370 e. The highest BCUT2D eigenvalue weighted by Crippen LogP contribution is 2.19. The molecule has 0 spiro atoms. The zero-order valence-electron chi connectivity index (χ0n) is 11.2. The zero-order chi connectivity index (χ0) is 13.4. The van der Waals surface area contributed by atoms with Crippen molar-refractivity contribution >= 4 is 11.8 Å². The first-order valence-electron chi connectivity index (χ1n) is 6.93. The number of nitrogens with two attached hydrogens (primary N) is 1. The van der Waals surface area contributed by atoms with Gasteiger partial charge in [0, 0.05) is 13.0 Å². The fourth-order valence-electron chi connectivity index (χ4n) is 2.33. The van der Waals surface area contributed by atoms with E-state index in [1.54, 1.807) is 0 Å². The van der Waals surface area contributed by atoms with Crippen LogP contribution in [0.3, 0.4) is 0 Å². The fourth-order valence-corrected chi connectivity index (χ4v) is 2.33. The second-order valence-electron chi connectivity index (χ2n) is 5.02. The van der Waals surface area contributed by atoms with Crippen LogP contribution in [0, 0.1) is 5.92 Å². The molecule has 0 saturated carbocycles. The highest BCUT2D eigenvalue weighted by Gasteiger charge is 2.25. The van der Waals surface area contributed by atoms with Crippen molar-refractivity contribution in [2.24, 2.45) is 11.7 Å². The van der Waals surface area contributed by atoms with Gasteiger partial charge in [-0.15, -0.1) is 0 Å². The van der Waals surface area contributed by atoms with Gasteiger partial charge in [-0.05, 0) is 38.1 Å². The molecule has 1 heterocycles. The van der Waals surface area contributed by atoms with E-state index in [-0.39, 0.29) is 17.9 Å². The summed E-state index contributed by atoms with van der Waals surface area (Å²) in [6.07, 6.45) is 5.19. The molecule has 5 nitrogen and oxygen atoms in total. The summed E-state index contributed by atoms with van der Waals surface area (Å²) in [4.78, 5) is 22.4. The van der Waals surface area contributed by atoms with E-state index in [0.717, 1.165) is 32.2 Å². The highest BCUT2D eigenvalue weighted by atomic mass is 16.2. The number of carbonyl (C=O) groups excluding carboxylic acids is 2. The summed E-state index contributed by atoms with van der Waals surface area (Å²) in [7, 11) is 0. The van der Waals surface area contributed by atoms with E-state index in [9.17, 15) is 9.59 Å². The smallest absolute Gasteiger partial charge is 0.237 e. The topological polar surface area (TPSA) is 84.2 Å². The van der Waals surface area contributed by atoms with E-state index in [4.69, 9.17) is 5.73 Å². The third-order valence-electron chi connectivity index (χ3n) is 3.56. The van der Waals surface area contributed by atoms with Gasteiger partial charge >= 0.3 is 0 Å². The van der Waals surface area contributed by atoms with Gasteiger partial charge in [0.15, 0.2) is 0 Å². The van der Waals surface area contributed by atoms with Crippen molar-refractivity contribution in [1.82, 2.24) is 10.6 Å². The standard InChI is InChI=1S/C13H25N3O2/c1-2-10-6-8-15-11(9-10)13(18)16-7-4-3-5-12(14)17/h10-11,15H,2-9H2,1H3,(H2,14,17)(H,16,18). The van der Waals surface area contributed by atoms with Gasteiger partial charge in [0.1, 0.15) is 0 Å². The Morgan fingerprint density at radius 3 is 2.83 bits per heavy atom. The maximum Gasteiger partial charge on any atom is 0.237 e. The van der Waals surface area contributed by atoms with Gasteiger partial charge in [-0.2, -0.15) is 0 Å². The van der Waals surface area contributed by atoms with Crippen molar-refractivity contribution in [1.29, 1.82) is 0 Å². The number of hydrogen-bond donors (Lipinski definition) is 3. The van der Waals surface area contributed by atoms with E-state index in [1.165, 1.54) is 6.42 Å². The normalized spacial score (nSPS) is 23.6. The van der Waals surface area contributed by atoms with E-state index in [1.807, 2.05) is 0 Å². The van der Waals surface area contributed by atoms with E-state index < -0.39 is 0 Å². The first kappa shape index (κ1) is 15.0. The maximum atomic E-state index is 11.9. The Morgan fingerprint density at radius 1 is 1.39 bits per heavy atom. The summed E-state index contributed by atoms with van der Waals surface area (Å²) in [6, 6.07) is -0.0418. The van der Waals surface area contributed by atoms with E-state index in [0.29, 0.717) is 18.9 Å². The van der Waals surface area contributed by atoms with Crippen molar-refractivity contribution in [3.63, 3.8) is 0 Å². The molecule has 0 aromatic carbocycles. The van der Waals surface area contributed by atoms with Crippen LogP contribution in [-0.4, -0.2) is 30.9 Å². The van der Waals surface area contributed by atoms with Crippen molar-refractivity contribution in [3.05, 3.63) is 0 Å². The molecule has 2 unspecified atom stereocenters. The molecule has 0 bridgehead atoms. The number of primary amides is 1. The second kappa shape index (κ2) is 8.08. The number of hydrogen-bond acceptors (Lipinski definition) is 3. The van der Waals surface area contributed by atoms with Gasteiger partial charge in [-0.1, -0.05) is 13.3 Å². The Morgan fingerprint density at radius 2 is 2.17 bits per heavy atom. The third-order valence-corrected chi connectivity index (χ3v) is 3.56. The largest absolute Gasteiger partial charge is 0.370 e. The van der Waals surface area contributed by atoms with Crippen LogP contribution in [0.4, 0.5) is 0 Å². The maximum absolute atomic E-state index is 11.9. The minimum atomic E-state index is -0.277. The Balaban J connectivity index is 2.14. The van der Waals surface area contributed by atoms with Crippen LogP contribution in [0.2, 0.25) is 0 Å². The average molecular weight is 255 g/mol. The lowest BCUT2D eigenvalue weighted by molar-refractivity contribution is -0.124. The van der Waals surface area contributed by atoms with Gasteiger partial charge in [0.2, 0.25) is 11.8 Å². The molecule has 1 rings (SSSR count). The number of carbonyl (C=O) groups is 2. The van der Waals surface area contributed by atoms with Gasteiger partial charge < -0.3 is 16.4 Å². The monoisotopic (exact) mass is 255 g/mol. The molecule has 1 saturated heterocycles. The van der Waals surface area contributed by atoms with Crippen molar-refractivity contribution in [2.75, 3.05) is 13.1 Å². The van der Waals surface area contributed by atoms with Crippen LogP contribution >= 0.6 is 0 Å². The summed E-state index contributed by atoms with van der Waals surface area (Å²) >= 11 is 0. The van der Waals surface area contributed by atoms with Gasteiger partial charge in [0.25, 0.3) is 0 Å². The summed E-state index contributed by atoms with van der Waals surface area (Å²) < 4.78 is 0. The Labute approximate surface area is 109 Å². The first-order valence-corrected chi connectivity index (χ1v) is 6.93. The summed E-state index contributed by atoms with van der Waals surface area (Å²) in [6.45, 7) is 3.73. The quantitative estimate of drug-likeness (QED) is 0.580. The van der Waals surface area contributed by atoms with Crippen LogP contribution in [0.15, 0.2) is 0 Å². The van der Waals surface area contributed by atoms with Crippen LogP contribution in [0.25, 0.3) is 0 Å². The van der Waals surface area contributed by atoms with E-state index in [2.05, 4.69) is 17.6 Å². The number of nitrogens with one attached hydrogen (secondary N) is 2. The molecule has 1 aliphatic heterocycles. The molecule has 104 valence electrons. The number of amides is 2. The minimum absolute atomic E-state index is 0.0418. The number of unbranched alkanes of at least 4 members (excludes halogenated alkanes) is 1. The van der Waals surface area contributed by atoms with Crippen molar-refractivity contribution < 1.29 is 9.59 Å². The Hall–Kier alpha value is -1.10. The predicted octanol–water partition coefficient (Wildman–Crippen LogP) is 0.536. The SMILES string of the molecule is CCC1CCNC(C(=O)NCCCCC(N)=O)C1. The molecule has 4 N–H and O–H groups in total. The molecule has 1 aliphatic rings. The summed E-state index contributed by atoms with van der Waals surface area (Å²) in [5.41, 5.74) is 5.05. The van der Waals surface area contributed by atoms with Crippen LogP contribution in [0.5, 0.6) is 0 Å². The summed E-state index contributed by atoms with van der Waals surface area (Å²) in [5.74, 6) is 0.477. The number of rotatable bonds is 7. The molecule has 2 amide bonds. The lowest BCUT2D eigenvalue weighted by Crippen LogP contribution is -2.48. The lowest BCUT2D eigenvalue weighted by Gasteiger charge is -2.28. The van der Waals surface area contributed by atoms with Gasteiger partial charge in [-0.25, -0.2) is 0 Å². The van der Waals surface area contributed by atoms with Crippen LogP contribution < -0.4 is 16.4 Å². The molecule has 5 heteroatoms. The second-order valence-corrected chi connectivity index (χ2v) is 5.02. The predicted molar refractivity (Wildman–Crippen MR) is 70.9 cm³/mol. The van der Waals surface area contributed by atoms with Crippen molar-refractivity contribution in [3.8, 4) is 0 Å². The van der Waals surface area contributed by atoms with Gasteiger partial charge in [0.05, 0.1) is 6.04 Å². The molecular formula is C13H25N3O2. The third kappa shape index (κ3) is 5.49.